The summed E-state index contributed by atoms with van der Waals surface area (Å²) in [5.41, 5.74) is 7.06. The van der Waals surface area contributed by atoms with Crippen LogP contribution in [0.5, 0.6) is 0 Å². The van der Waals surface area contributed by atoms with Crippen LogP contribution < -0.4 is 5.73 Å². The molecule has 98 valence electrons. The van der Waals surface area contributed by atoms with Gasteiger partial charge < -0.3 is 5.73 Å². The zero-order valence-corrected chi connectivity index (χ0v) is 11.7. The number of nitrogens with one attached hydrogen (secondary N) is 1. The van der Waals surface area contributed by atoms with Crippen LogP contribution in [-0.2, 0) is 0 Å². The van der Waals surface area contributed by atoms with Gasteiger partial charge in [-0.3, -0.25) is 5.41 Å². The molecule has 0 fully saturated rings. The number of nitrogens with zero attached hydrogens (tertiary/aromatic N) is 2. The van der Waals surface area contributed by atoms with Crippen molar-refractivity contribution in [2.24, 2.45) is 5.73 Å². The van der Waals surface area contributed by atoms with Crippen LogP contribution >= 0.6 is 11.8 Å². The molecule has 0 atom stereocenters. The summed E-state index contributed by atoms with van der Waals surface area (Å²) in [5.74, 6) is 0.471. The van der Waals surface area contributed by atoms with Crippen molar-refractivity contribution in [3.8, 4) is 0 Å². The third kappa shape index (κ3) is 3.54. The first kappa shape index (κ1) is 13.5. The summed E-state index contributed by atoms with van der Waals surface area (Å²) in [6.45, 7) is 4.35. The largest absolute Gasteiger partial charge is 0.382 e. The molecule has 0 spiro atoms. The molecule has 0 aliphatic carbocycles. The zero-order valence-electron chi connectivity index (χ0n) is 10.9. The van der Waals surface area contributed by atoms with Crippen LogP contribution in [0.25, 0.3) is 0 Å². The third-order valence-corrected chi connectivity index (χ3v) is 3.60. The van der Waals surface area contributed by atoms with E-state index in [-0.39, 0.29) is 5.84 Å². The van der Waals surface area contributed by atoms with Gasteiger partial charge in [-0.05, 0) is 23.6 Å². The van der Waals surface area contributed by atoms with Crippen molar-refractivity contribution in [3.63, 3.8) is 0 Å². The van der Waals surface area contributed by atoms with E-state index in [0.29, 0.717) is 11.6 Å². The fourth-order valence-corrected chi connectivity index (χ4v) is 2.27. The Morgan fingerprint density at radius 3 is 2.32 bits per heavy atom. The van der Waals surface area contributed by atoms with Gasteiger partial charge in [-0.25, -0.2) is 9.97 Å². The Hall–Kier alpha value is -1.88. The molecule has 1 heterocycles. The number of hydrogen-bond donors (Lipinski definition) is 2. The molecule has 0 radical (unpaired) electrons. The second-order valence-electron chi connectivity index (χ2n) is 4.48. The van der Waals surface area contributed by atoms with Crippen LogP contribution in [0, 0.1) is 5.41 Å². The van der Waals surface area contributed by atoms with Crippen LogP contribution in [-0.4, -0.2) is 15.8 Å². The Labute approximate surface area is 117 Å². The van der Waals surface area contributed by atoms with E-state index >= 15 is 0 Å². The lowest BCUT2D eigenvalue weighted by Crippen LogP contribution is -2.13. The van der Waals surface area contributed by atoms with Crippen LogP contribution in [0.3, 0.4) is 0 Å². The lowest BCUT2D eigenvalue weighted by atomic mass is 10.0. The molecule has 0 unspecified atom stereocenters. The van der Waals surface area contributed by atoms with Crippen molar-refractivity contribution >= 4 is 17.6 Å². The molecule has 0 saturated heterocycles. The minimum atomic E-state index is -0.0645. The van der Waals surface area contributed by atoms with Crippen molar-refractivity contribution in [1.29, 1.82) is 5.41 Å². The van der Waals surface area contributed by atoms with Gasteiger partial charge in [0.1, 0.15) is 16.6 Å². The number of nitrogen functional groups attached to an aromatic ring is 1. The molecule has 0 aliphatic heterocycles. The van der Waals surface area contributed by atoms with Gasteiger partial charge in [0, 0.05) is 4.90 Å². The van der Waals surface area contributed by atoms with Crippen molar-refractivity contribution in [1.82, 2.24) is 9.97 Å². The normalized spacial score (nSPS) is 10.7. The Morgan fingerprint density at radius 1 is 1.16 bits per heavy atom. The van der Waals surface area contributed by atoms with Crippen molar-refractivity contribution in [3.05, 3.63) is 47.9 Å². The second kappa shape index (κ2) is 5.84. The van der Waals surface area contributed by atoms with Gasteiger partial charge in [-0.2, -0.15) is 0 Å². The van der Waals surface area contributed by atoms with Crippen molar-refractivity contribution < 1.29 is 0 Å². The average Bonchev–Trinajstić information content (AvgIpc) is 2.40. The topological polar surface area (TPSA) is 75.7 Å². The molecular weight excluding hydrogens is 256 g/mol. The standard InChI is InChI=1S/C14H16N4S/c1-9(2)10-3-5-11(6-4-10)19-13-8-17-12(7-18-13)14(15)16/h3-9H,1-2H3,(H3,15,16). The van der Waals surface area contributed by atoms with Gasteiger partial charge in [0.05, 0.1) is 12.4 Å². The van der Waals surface area contributed by atoms with E-state index in [1.165, 1.54) is 11.8 Å². The van der Waals surface area contributed by atoms with Gasteiger partial charge in [0.2, 0.25) is 0 Å². The molecule has 4 nitrogen and oxygen atoms in total. The number of hydrogen-bond acceptors (Lipinski definition) is 4. The van der Waals surface area contributed by atoms with Crippen LogP contribution in [0.1, 0.15) is 31.0 Å². The SMILES string of the molecule is CC(C)c1ccc(Sc2cnc(C(=N)N)cn2)cc1. The molecule has 1 aromatic carbocycles. The molecule has 5 heteroatoms. The van der Waals surface area contributed by atoms with Crippen molar-refractivity contribution in [2.45, 2.75) is 29.7 Å². The number of benzene rings is 1. The third-order valence-electron chi connectivity index (χ3n) is 2.67. The van der Waals surface area contributed by atoms with Gasteiger partial charge >= 0.3 is 0 Å². The summed E-state index contributed by atoms with van der Waals surface area (Å²) in [6, 6.07) is 8.43. The first-order valence-corrected chi connectivity index (χ1v) is 6.82. The molecule has 2 rings (SSSR count). The highest BCUT2D eigenvalue weighted by atomic mass is 32.2. The monoisotopic (exact) mass is 272 g/mol. The van der Waals surface area contributed by atoms with E-state index in [1.54, 1.807) is 18.0 Å². The van der Waals surface area contributed by atoms with Crippen LogP contribution in [0.4, 0.5) is 0 Å². The summed E-state index contributed by atoms with van der Waals surface area (Å²) < 4.78 is 0. The minimum absolute atomic E-state index is 0.0645. The molecule has 1 aromatic heterocycles. The molecule has 2 aromatic rings. The van der Waals surface area contributed by atoms with E-state index in [4.69, 9.17) is 11.1 Å². The predicted octanol–water partition coefficient (Wildman–Crippen LogP) is 3.04. The van der Waals surface area contributed by atoms with Gasteiger partial charge in [0.25, 0.3) is 0 Å². The lowest BCUT2D eigenvalue weighted by molar-refractivity contribution is 0.865. The van der Waals surface area contributed by atoms with Gasteiger partial charge in [0.15, 0.2) is 0 Å². The van der Waals surface area contributed by atoms with E-state index < -0.39 is 0 Å². The Bertz CT molecular complexity index is 561. The summed E-state index contributed by atoms with van der Waals surface area (Å²) in [4.78, 5) is 9.44. The van der Waals surface area contributed by atoms with Gasteiger partial charge in [-0.15, -0.1) is 0 Å². The van der Waals surface area contributed by atoms with E-state index in [9.17, 15) is 0 Å². The summed E-state index contributed by atoms with van der Waals surface area (Å²) in [5, 5.41) is 8.05. The summed E-state index contributed by atoms with van der Waals surface area (Å²) in [6.07, 6.45) is 3.16. The Balaban J connectivity index is 2.10. The molecule has 0 bridgehead atoms. The maximum Gasteiger partial charge on any atom is 0.143 e. The molecule has 0 saturated carbocycles. The second-order valence-corrected chi connectivity index (χ2v) is 5.57. The number of aromatic nitrogens is 2. The molecule has 0 aliphatic rings. The highest BCUT2D eigenvalue weighted by molar-refractivity contribution is 7.99. The molecule has 3 N–H and O–H groups in total. The molecule has 0 amide bonds. The smallest absolute Gasteiger partial charge is 0.143 e. The fourth-order valence-electron chi connectivity index (χ4n) is 1.55. The van der Waals surface area contributed by atoms with E-state index in [1.807, 2.05) is 0 Å². The lowest BCUT2D eigenvalue weighted by Gasteiger charge is -2.06. The number of nitrogens with two attached hydrogens (primary N) is 1. The first-order chi connectivity index (χ1) is 9.06. The summed E-state index contributed by atoms with van der Waals surface area (Å²) >= 11 is 1.54. The minimum Gasteiger partial charge on any atom is -0.382 e. The maximum atomic E-state index is 7.26. The molecular formula is C14H16N4S. The fraction of sp³-hybridized carbons (Fsp3) is 0.214. The zero-order chi connectivity index (χ0) is 13.8. The Morgan fingerprint density at radius 2 is 1.84 bits per heavy atom. The van der Waals surface area contributed by atoms with Crippen LogP contribution in [0.2, 0.25) is 0 Å². The maximum absolute atomic E-state index is 7.26. The molecule has 19 heavy (non-hydrogen) atoms. The van der Waals surface area contributed by atoms with Crippen LogP contribution in [0.15, 0.2) is 46.6 Å². The highest BCUT2D eigenvalue weighted by Crippen LogP contribution is 2.26. The Kier molecular flexibility index (Phi) is 4.16. The van der Waals surface area contributed by atoms with E-state index in [2.05, 4.69) is 48.1 Å². The number of amidine groups is 1. The summed E-state index contributed by atoms with van der Waals surface area (Å²) in [7, 11) is 0. The number of rotatable bonds is 4. The first-order valence-electron chi connectivity index (χ1n) is 6.00. The average molecular weight is 272 g/mol. The highest BCUT2D eigenvalue weighted by Gasteiger charge is 2.03. The predicted molar refractivity (Wildman–Crippen MR) is 77.7 cm³/mol. The van der Waals surface area contributed by atoms with Crippen molar-refractivity contribution in [2.75, 3.05) is 0 Å². The quantitative estimate of drug-likeness (QED) is 0.662. The van der Waals surface area contributed by atoms with Gasteiger partial charge in [-0.1, -0.05) is 37.7 Å². The van der Waals surface area contributed by atoms with E-state index in [0.717, 1.165) is 9.92 Å².